The van der Waals surface area contributed by atoms with Crippen molar-refractivity contribution in [1.82, 2.24) is 19.8 Å². The van der Waals surface area contributed by atoms with Gasteiger partial charge < -0.3 is 9.42 Å². The van der Waals surface area contributed by atoms with Crippen LogP contribution in [0.5, 0.6) is 0 Å². The Morgan fingerprint density at radius 3 is 2.42 bits per heavy atom. The fourth-order valence-corrected chi connectivity index (χ4v) is 5.66. The second kappa shape index (κ2) is 10.7. The van der Waals surface area contributed by atoms with Crippen molar-refractivity contribution in [1.29, 1.82) is 0 Å². The summed E-state index contributed by atoms with van der Waals surface area (Å²) < 4.78 is 33.8. The van der Waals surface area contributed by atoms with Crippen molar-refractivity contribution < 1.29 is 17.7 Å². The zero-order valence-electron chi connectivity index (χ0n) is 21.1. The molecule has 2 aromatic carbocycles. The zero-order chi connectivity index (χ0) is 25.9. The van der Waals surface area contributed by atoms with Crippen molar-refractivity contribution in [2.45, 2.75) is 61.8 Å². The molecule has 0 saturated carbocycles. The van der Waals surface area contributed by atoms with E-state index in [1.54, 1.807) is 11.0 Å². The summed E-state index contributed by atoms with van der Waals surface area (Å²) in [4.78, 5) is 20.0. The van der Waals surface area contributed by atoms with Crippen LogP contribution in [0.1, 0.15) is 61.8 Å². The Morgan fingerprint density at radius 2 is 1.78 bits per heavy atom. The predicted octanol–water partition coefficient (Wildman–Crippen LogP) is 4.86. The lowest BCUT2D eigenvalue weighted by molar-refractivity contribution is 0.0720. The maximum absolute atomic E-state index is 13.1. The number of amides is 1. The molecule has 0 unspecified atom stereocenters. The minimum Gasteiger partial charge on any atom is -0.339 e. The van der Waals surface area contributed by atoms with Gasteiger partial charge in [-0.05, 0) is 54.7 Å². The first-order valence-electron chi connectivity index (χ1n) is 12.0. The van der Waals surface area contributed by atoms with Gasteiger partial charge >= 0.3 is 0 Å². The third kappa shape index (κ3) is 5.99. The molecule has 2 heterocycles. The highest BCUT2D eigenvalue weighted by Gasteiger charge is 2.24. The molecule has 36 heavy (non-hydrogen) atoms. The largest absolute Gasteiger partial charge is 0.339 e. The lowest BCUT2D eigenvalue weighted by Gasteiger charge is -2.27. The Hall–Kier alpha value is -2.69. The van der Waals surface area contributed by atoms with Crippen molar-refractivity contribution in [3.8, 4) is 11.4 Å². The standard InChI is InChI=1S/C26H32N4O4S2/c1-26(2,3)19-10-8-18(9-11-19)24-28-23(34-29-24)17-27-36(32,33)20-12-13-22(35-4)21(16-20)25(31)30-14-6-5-7-15-30/h8-13,16,27H,5-7,14-15,17H2,1-4H3. The Morgan fingerprint density at radius 1 is 1.08 bits per heavy atom. The van der Waals surface area contributed by atoms with Gasteiger partial charge in [0.1, 0.15) is 0 Å². The molecule has 1 N–H and O–H groups in total. The summed E-state index contributed by atoms with van der Waals surface area (Å²) in [5.41, 5.74) is 2.42. The summed E-state index contributed by atoms with van der Waals surface area (Å²) in [6.07, 6.45) is 4.91. The van der Waals surface area contributed by atoms with Crippen LogP contribution in [0.2, 0.25) is 0 Å². The molecule has 192 valence electrons. The number of carbonyl (C=O) groups excluding carboxylic acids is 1. The van der Waals surface area contributed by atoms with E-state index in [2.05, 4.69) is 35.6 Å². The number of piperidine rings is 1. The van der Waals surface area contributed by atoms with Gasteiger partial charge in [-0.1, -0.05) is 50.2 Å². The van der Waals surface area contributed by atoms with Crippen LogP contribution < -0.4 is 4.72 Å². The minimum absolute atomic E-state index is 0.0261. The molecule has 0 spiro atoms. The van der Waals surface area contributed by atoms with E-state index in [9.17, 15) is 13.2 Å². The fourth-order valence-electron chi connectivity index (χ4n) is 4.09. The number of thioether (sulfide) groups is 1. The molecule has 1 amide bonds. The lowest BCUT2D eigenvalue weighted by atomic mass is 9.87. The molecule has 0 aliphatic carbocycles. The van der Waals surface area contributed by atoms with Crippen LogP contribution in [0, 0.1) is 0 Å². The highest BCUT2D eigenvalue weighted by atomic mass is 32.2. The Balaban J connectivity index is 1.48. The number of likely N-dealkylation sites (tertiary alicyclic amines) is 1. The Labute approximate surface area is 216 Å². The number of sulfonamides is 1. The second-order valence-electron chi connectivity index (χ2n) is 9.88. The molecule has 0 bridgehead atoms. The first kappa shape index (κ1) is 26.4. The van der Waals surface area contributed by atoms with Crippen LogP contribution in [0.25, 0.3) is 11.4 Å². The summed E-state index contributed by atoms with van der Waals surface area (Å²) in [6, 6.07) is 12.5. The summed E-state index contributed by atoms with van der Waals surface area (Å²) >= 11 is 1.42. The first-order chi connectivity index (χ1) is 17.1. The van der Waals surface area contributed by atoms with E-state index in [-0.39, 0.29) is 28.7 Å². The summed E-state index contributed by atoms with van der Waals surface area (Å²) in [6.45, 7) is 7.65. The number of hydrogen-bond donors (Lipinski definition) is 1. The number of aromatic nitrogens is 2. The lowest BCUT2D eigenvalue weighted by Crippen LogP contribution is -2.36. The minimum atomic E-state index is -3.91. The molecule has 1 fully saturated rings. The van der Waals surface area contributed by atoms with Gasteiger partial charge in [0.15, 0.2) is 0 Å². The van der Waals surface area contributed by atoms with E-state index in [1.807, 2.05) is 30.5 Å². The molecule has 1 aliphatic rings. The van der Waals surface area contributed by atoms with Crippen LogP contribution in [0.4, 0.5) is 0 Å². The van der Waals surface area contributed by atoms with Crippen molar-refractivity contribution in [2.24, 2.45) is 0 Å². The average molecular weight is 529 g/mol. The molecule has 0 radical (unpaired) electrons. The molecule has 1 aliphatic heterocycles. The van der Waals surface area contributed by atoms with Crippen molar-refractivity contribution in [3.05, 3.63) is 59.5 Å². The van der Waals surface area contributed by atoms with Crippen LogP contribution >= 0.6 is 11.8 Å². The maximum Gasteiger partial charge on any atom is 0.255 e. The van der Waals surface area contributed by atoms with Crippen molar-refractivity contribution >= 4 is 27.7 Å². The predicted molar refractivity (Wildman–Crippen MR) is 140 cm³/mol. The summed E-state index contributed by atoms with van der Waals surface area (Å²) in [5.74, 6) is 0.414. The van der Waals surface area contributed by atoms with Crippen molar-refractivity contribution in [2.75, 3.05) is 19.3 Å². The first-order valence-corrected chi connectivity index (χ1v) is 14.7. The SMILES string of the molecule is CSc1ccc(S(=O)(=O)NCc2nc(-c3ccc(C(C)(C)C)cc3)no2)cc1C(=O)N1CCCCC1. The smallest absolute Gasteiger partial charge is 0.255 e. The third-order valence-corrected chi connectivity index (χ3v) is 8.44. The molecule has 1 saturated heterocycles. The second-order valence-corrected chi connectivity index (χ2v) is 12.5. The fraction of sp³-hybridized carbons (Fsp3) is 0.423. The van der Waals surface area contributed by atoms with Gasteiger partial charge in [0.25, 0.3) is 5.91 Å². The van der Waals surface area contributed by atoms with Gasteiger partial charge in [-0.2, -0.15) is 4.98 Å². The number of carbonyl (C=O) groups is 1. The number of hydrogen-bond acceptors (Lipinski definition) is 7. The summed E-state index contributed by atoms with van der Waals surface area (Å²) in [7, 11) is -3.91. The number of benzene rings is 2. The quantitative estimate of drug-likeness (QED) is 0.437. The third-order valence-electron chi connectivity index (χ3n) is 6.25. The van der Waals surface area contributed by atoms with Crippen LogP contribution in [-0.2, 0) is 22.0 Å². The van der Waals surface area contributed by atoms with Crippen molar-refractivity contribution in [3.63, 3.8) is 0 Å². The molecule has 3 aromatic rings. The molecule has 8 nitrogen and oxygen atoms in total. The summed E-state index contributed by atoms with van der Waals surface area (Å²) in [5, 5.41) is 3.99. The monoisotopic (exact) mass is 528 g/mol. The van der Waals surface area contributed by atoms with E-state index in [0.29, 0.717) is 24.5 Å². The Kier molecular flexibility index (Phi) is 7.87. The van der Waals surface area contributed by atoms with Crippen LogP contribution in [0.3, 0.4) is 0 Å². The molecular weight excluding hydrogens is 496 g/mol. The van der Waals surface area contributed by atoms with Crippen LogP contribution in [0.15, 0.2) is 56.8 Å². The number of rotatable bonds is 7. The average Bonchev–Trinajstić information content (AvgIpc) is 3.36. The molecule has 0 atom stereocenters. The zero-order valence-corrected chi connectivity index (χ0v) is 22.7. The highest BCUT2D eigenvalue weighted by molar-refractivity contribution is 7.98. The van der Waals surface area contributed by atoms with Crippen LogP contribution in [-0.4, -0.2) is 48.7 Å². The highest BCUT2D eigenvalue weighted by Crippen LogP contribution is 2.27. The number of nitrogens with zero attached hydrogens (tertiary/aromatic N) is 3. The van der Waals surface area contributed by atoms with E-state index in [4.69, 9.17) is 4.52 Å². The number of nitrogens with one attached hydrogen (secondary N) is 1. The topological polar surface area (TPSA) is 105 Å². The van der Waals surface area contributed by atoms with Gasteiger partial charge in [-0.25, -0.2) is 13.1 Å². The molecular formula is C26H32N4O4S2. The molecule has 4 rings (SSSR count). The van der Waals surface area contributed by atoms with E-state index >= 15 is 0 Å². The molecule has 10 heteroatoms. The van der Waals surface area contributed by atoms with Gasteiger partial charge in [-0.15, -0.1) is 11.8 Å². The maximum atomic E-state index is 13.1. The van der Waals surface area contributed by atoms with E-state index in [0.717, 1.165) is 29.7 Å². The van der Waals surface area contributed by atoms with Gasteiger partial charge in [-0.3, -0.25) is 4.79 Å². The molecule has 1 aromatic heterocycles. The normalized spacial score (nSPS) is 14.7. The van der Waals surface area contributed by atoms with Gasteiger partial charge in [0, 0.05) is 23.5 Å². The van der Waals surface area contributed by atoms with Gasteiger partial charge in [0.2, 0.25) is 21.7 Å². The van der Waals surface area contributed by atoms with E-state index in [1.165, 1.54) is 29.5 Å². The Bertz CT molecular complexity index is 1320. The van der Waals surface area contributed by atoms with Gasteiger partial charge in [0.05, 0.1) is 17.0 Å². The van der Waals surface area contributed by atoms with E-state index < -0.39 is 10.0 Å².